The van der Waals surface area contributed by atoms with Crippen molar-refractivity contribution < 1.29 is 9.90 Å². The van der Waals surface area contributed by atoms with E-state index in [2.05, 4.69) is 9.88 Å². The van der Waals surface area contributed by atoms with Crippen LogP contribution < -0.4 is 4.90 Å². The van der Waals surface area contributed by atoms with Gasteiger partial charge in [-0.2, -0.15) is 0 Å². The Balaban J connectivity index is 2.29. The quantitative estimate of drug-likeness (QED) is 0.801. The zero-order chi connectivity index (χ0) is 10.7. The Morgan fingerprint density at radius 1 is 1.33 bits per heavy atom. The molecule has 0 unspecified atom stereocenters. The van der Waals surface area contributed by atoms with E-state index in [0.29, 0.717) is 5.56 Å². The van der Waals surface area contributed by atoms with Gasteiger partial charge in [0, 0.05) is 25.5 Å². The number of hydrogen-bond donors (Lipinski definition) is 1. The third-order valence-corrected chi connectivity index (χ3v) is 2.73. The van der Waals surface area contributed by atoms with Gasteiger partial charge in [-0.1, -0.05) is 0 Å². The van der Waals surface area contributed by atoms with E-state index in [4.69, 9.17) is 5.11 Å². The van der Waals surface area contributed by atoms with Crippen LogP contribution in [-0.2, 0) is 0 Å². The minimum atomic E-state index is -0.899. The Morgan fingerprint density at radius 3 is 2.73 bits per heavy atom. The van der Waals surface area contributed by atoms with E-state index in [-0.39, 0.29) is 0 Å². The largest absolute Gasteiger partial charge is 0.478 e. The Labute approximate surface area is 88.6 Å². The molecule has 0 spiro atoms. The van der Waals surface area contributed by atoms with Crippen LogP contribution in [0.2, 0.25) is 0 Å². The van der Waals surface area contributed by atoms with Crippen molar-refractivity contribution in [2.45, 2.75) is 19.3 Å². The number of aromatic carboxylic acids is 1. The van der Waals surface area contributed by atoms with Gasteiger partial charge in [-0.05, 0) is 25.3 Å². The van der Waals surface area contributed by atoms with Gasteiger partial charge in [0.05, 0.1) is 5.69 Å². The van der Waals surface area contributed by atoms with Crippen LogP contribution in [0.5, 0.6) is 0 Å². The van der Waals surface area contributed by atoms with E-state index >= 15 is 0 Å². The van der Waals surface area contributed by atoms with Crippen molar-refractivity contribution in [1.29, 1.82) is 0 Å². The second-order valence-corrected chi connectivity index (χ2v) is 3.75. The summed E-state index contributed by atoms with van der Waals surface area (Å²) in [6.07, 6.45) is 6.59. The fraction of sp³-hybridized carbons (Fsp3) is 0.455. The van der Waals surface area contributed by atoms with Crippen LogP contribution in [0.3, 0.4) is 0 Å². The van der Waals surface area contributed by atoms with Gasteiger partial charge in [-0.3, -0.25) is 4.98 Å². The van der Waals surface area contributed by atoms with Crippen molar-refractivity contribution in [2.24, 2.45) is 0 Å². The lowest BCUT2D eigenvalue weighted by Gasteiger charge is -2.29. The SMILES string of the molecule is O=C(O)c1cnccc1N1CCCCC1. The molecule has 0 saturated carbocycles. The van der Waals surface area contributed by atoms with Crippen molar-refractivity contribution in [3.05, 3.63) is 24.0 Å². The predicted octanol–water partition coefficient (Wildman–Crippen LogP) is 1.77. The summed E-state index contributed by atoms with van der Waals surface area (Å²) in [4.78, 5) is 17.0. The van der Waals surface area contributed by atoms with Crippen molar-refractivity contribution >= 4 is 11.7 Å². The van der Waals surface area contributed by atoms with Crippen molar-refractivity contribution in [3.63, 3.8) is 0 Å². The van der Waals surface area contributed by atoms with Crippen LogP contribution in [0.25, 0.3) is 0 Å². The van der Waals surface area contributed by atoms with Crippen LogP contribution in [0.4, 0.5) is 5.69 Å². The molecule has 4 heteroatoms. The van der Waals surface area contributed by atoms with Gasteiger partial charge in [-0.25, -0.2) is 4.79 Å². The molecule has 1 aromatic rings. The molecular weight excluding hydrogens is 192 g/mol. The van der Waals surface area contributed by atoms with E-state index in [9.17, 15) is 4.79 Å². The molecular formula is C11H14N2O2. The van der Waals surface area contributed by atoms with Crippen LogP contribution in [0.15, 0.2) is 18.5 Å². The molecule has 1 aromatic heterocycles. The first-order valence-corrected chi connectivity index (χ1v) is 5.21. The Morgan fingerprint density at radius 2 is 2.07 bits per heavy atom. The monoisotopic (exact) mass is 206 g/mol. The topological polar surface area (TPSA) is 53.4 Å². The lowest BCUT2D eigenvalue weighted by atomic mass is 10.1. The van der Waals surface area contributed by atoms with Crippen molar-refractivity contribution in [2.75, 3.05) is 18.0 Å². The maximum absolute atomic E-state index is 11.0. The molecule has 0 atom stereocenters. The Bertz CT molecular complexity index is 359. The molecule has 4 nitrogen and oxygen atoms in total. The van der Waals surface area contributed by atoms with Gasteiger partial charge < -0.3 is 10.0 Å². The summed E-state index contributed by atoms with van der Waals surface area (Å²) in [7, 11) is 0. The molecule has 0 bridgehead atoms. The summed E-state index contributed by atoms with van der Waals surface area (Å²) < 4.78 is 0. The number of hydrogen-bond acceptors (Lipinski definition) is 3. The third kappa shape index (κ3) is 2.09. The van der Waals surface area contributed by atoms with Gasteiger partial charge in [0.2, 0.25) is 0 Å². The van der Waals surface area contributed by atoms with E-state index < -0.39 is 5.97 Å². The predicted molar refractivity (Wildman–Crippen MR) is 57.3 cm³/mol. The summed E-state index contributed by atoms with van der Waals surface area (Å²) in [6, 6.07) is 1.79. The molecule has 0 amide bonds. The fourth-order valence-corrected chi connectivity index (χ4v) is 1.96. The molecule has 15 heavy (non-hydrogen) atoms. The lowest BCUT2D eigenvalue weighted by molar-refractivity contribution is 0.0697. The lowest BCUT2D eigenvalue weighted by Crippen LogP contribution is -2.30. The molecule has 1 saturated heterocycles. The average molecular weight is 206 g/mol. The Kier molecular flexibility index (Phi) is 2.85. The molecule has 1 aliphatic rings. The van der Waals surface area contributed by atoms with Crippen LogP contribution >= 0.6 is 0 Å². The average Bonchev–Trinajstić information content (AvgIpc) is 2.30. The highest BCUT2D eigenvalue weighted by Gasteiger charge is 2.17. The molecule has 0 aromatic carbocycles. The highest BCUT2D eigenvalue weighted by molar-refractivity contribution is 5.94. The maximum atomic E-state index is 11.0. The fourth-order valence-electron chi connectivity index (χ4n) is 1.96. The van der Waals surface area contributed by atoms with E-state index in [1.54, 1.807) is 12.3 Å². The summed E-state index contributed by atoms with van der Waals surface area (Å²) >= 11 is 0. The third-order valence-electron chi connectivity index (χ3n) is 2.73. The van der Waals surface area contributed by atoms with E-state index in [0.717, 1.165) is 31.6 Å². The number of anilines is 1. The number of piperidine rings is 1. The highest BCUT2D eigenvalue weighted by Crippen LogP contribution is 2.23. The van der Waals surface area contributed by atoms with Crippen molar-refractivity contribution in [1.82, 2.24) is 4.98 Å². The summed E-state index contributed by atoms with van der Waals surface area (Å²) in [6.45, 7) is 1.90. The van der Waals surface area contributed by atoms with Gasteiger partial charge in [-0.15, -0.1) is 0 Å². The molecule has 80 valence electrons. The number of carboxylic acid groups (broad SMARTS) is 1. The molecule has 0 aliphatic carbocycles. The zero-order valence-electron chi connectivity index (χ0n) is 8.52. The standard InChI is InChI=1S/C11H14N2O2/c14-11(15)9-8-12-5-4-10(9)13-6-2-1-3-7-13/h4-5,8H,1-3,6-7H2,(H,14,15). The first-order chi connectivity index (χ1) is 7.29. The second-order valence-electron chi connectivity index (χ2n) is 3.75. The minimum absolute atomic E-state index is 0.305. The second kappa shape index (κ2) is 4.29. The Hall–Kier alpha value is -1.58. The first-order valence-electron chi connectivity index (χ1n) is 5.21. The molecule has 2 heterocycles. The number of rotatable bonds is 2. The number of aromatic nitrogens is 1. The smallest absolute Gasteiger partial charge is 0.339 e. The van der Waals surface area contributed by atoms with Gasteiger partial charge in [0.15, 0.2) is 0 Å². The normalized spacial score (nSPS) is 16.4. The van der Waals surface area contributed by atoms with Crippen LogP contribution in [-0.4, -0.2) is 29.1 Å². The number of pyridine rings is 1. The zero-order valence-corrected chi connectivity index (χ0v) is 8.52. The van der Waals surface area contributed by atoms with Gasteiger partial charge in [0.1, 0.15) is 5.56 Å². The van der Waals surface area contributed by atoms with Crippen LogP contribution in [0, 0.1) is 0 Å². The molecule has 1 fully saturated rings. The van der Waals surface area contributed by atoms with Crippen molar-refractivity contribution in [3.8, 4) is 0 Å². The molecule has 0 radical (unpaired) electrons. The summed E-state index contributed by atoms with van der Waals surface area (Å²) in [5.74, 6) is -0.899. The number of carbonyl (C=O) groups is 1. The first kappa shape index (κ1) is 9.96. The minimum Gasteiger partial charge on any atom is -0.478 e. The van der Waals surface area contributed by atoms with E-state index in [1.165, 1.54) is 12.6 Å². The summed E-state index contributed by atoms with van der Waals surface area (Å²) in [5, 5.41) is 9.03. The molecule has 2 rings (SSSR count). The van der Waals surface area contributed by atoms with Gasteiger partial charge in [0.25, 0.3) is 0 Å². The maximum Gasteiger partial charge on any atom is 0.339 e. The van der Waals surface area contributed by atoms with Crippen LogP contribution in [0.1, 0.15) is 29.6 Å². The number of nitrogens with zero attached hydrogens (tertiary/aromatic N) is 2. The van der Waals surface area contributed by atoms with E-state index in [1.807, 2.05) is 0 Å². The highest BCUT2D eigenvalue weighted by atomic mass is 16.4. The molecule has 1 N–H and O–H groups in total. The number of carboxylic acids is 1. The summed E-state index contributed by atoms with van der Waals surface area (Å²) in [5.41, 5.74) is 1.11. The van der Waals surface area contributed by atoms with Gasteiger partial charge >= 0.3 is 5.97 Å². The molecule has 1 aliphatic heterocycles.